The number of hydrogen-bond donors (Lipinski definition) is 1. The molecule has 0 bridgehead atoms. The van der Waals surface area contributed by atoms with Gasteiger partial charge in [0.05, 0.1) is 6.54 Å². The molecule has 1 aromatic heterocycles. The second kappa shape index (κ2) is 7.59. The third kappa shape index (κ3) is 4.10. The number of rotatable bonds is 5. The van der Waals surface area contributed by atoms with E-state index < -0.39 is 0 Å². The molecular weight excluding hydrogens is 292 g/mol. The normalized spacial score (nSPS) is 19.2. The predicted molar refractivity (Wildman–Crippen MR) is 90.8 cm³/mol. The molecule has 0 unspecified atom stereocenters. The summed E-state index contributed by atoms with van der Waals surface area (Å²) in [4.78, 5) is 27.3. The van der Waals surface area contributed by atoms with Gasteiger partial charge in [0.25, 0.3) is 0 Å². The smallest absolute Gasteiger partial charge is 0.234 e. The highest BCUT2D eigenvalue weighted by molar-refractivity contribution is 5.77. The fourth-order valence-corrected chi connectivity index (χ4v) is 3.22. The Balaban J connectivity index is 1.55. The molecule has 0 aromatic carbocycles. The highest BCUT2D eigenvalue weighted by Crippen LogP contribution is 2.22. The molecule has 2 saturated heterocycles. The van der Waals surface area contributed by atoms with Crippen molar-refractivity contribution in [3.63, 3.8) is 0 Å². The van der Waals surface area contributed by atoms with Crippen LogP contribution < -0.4 is 15.1 Å². The van der Waals surface area contributed by atoms with Crippen LogP contribution >= 0.6 is 0 Å². The van der Waals surface area contributed by atoms with Crippen molar-refractivity contribution in [1.82, 2.24) is 20.2 Å². The maximum Gasteiger partial charge on any atom is 0.234 e. The minimum absolute atomic E-state index is 0.110. The summed E-state index contributed by atoms with van der Waals surface area (Å²) in [5.74, 6) is 2.15. The summed E-state index contributed by atoms with van der Waals surface area (Å²) < 4.78 is 0. The van der Waals surface area contributed by atoms with Gasteiger partial charge in [0, 0.05) is 51.9 Å². The average molecular weight is 318 g/mol. The Bertz CT molecular complexity index is 523. The van der Waals surface area contributed by atoms with Crippen LogP contribution in [-0.4, -0.2) is 73.1 Å². The van der Waals surface area contributed by atoms with Crippen molar-refractivity contribution >= 4 is 17.5 Å². The molecule has 2 aliphatic heterocycles. The van der Waals surface area contributed by atoms with Gasteiger partial charge in [-0.15, -0.1) is 0 Å². The van der Waals surface area contributed by atoms with Crippen LogP contribution in [-0.2, 0) is 4.79 Å². The van der Waals surface area contributed by atoms with Crippen molar-refractivity contribution in [2.45, 2.75) is 19.8 Å². The Morgan fingerprint density at radius 1 is 1.04 bits per heavy atom. The quantitative estimate of drug-likeness (QED) is 0.844. The number of likely N-dealkylation sites (N-methyl/N-ethyl adjacent to an activating group) is 1. The van der Waals surface area contributed by atoms with Crippen LogP contribution in [0.15, 0.2) is 12.4 Å². The van der Waals surface area contributed by atoms with E-state index in [4.69, 9.17) is 0 Å². The zero-order valence-corrected chi connectivity index (χ0v) is 13.9. The van der Waals surface area contributed by atoms with Crippen LogP contribution in [0.4, 0.5) is 11.6 Å². The van der Waals surface area contributed by atoms with Crippen molar-refractivity contribution in [2.75, 3.05) is 62.2 Å². The number of carbonyl (C=O) groups excluding carboxylic acids is 1. The lowest BCUT2D eigenvalue weighted by atomic mass is 10.3. The van der Waals surface area contributed by atoms with Crippen LogP contribution in [0.5, 0.6) is 0 Å². The monoisotopic (exact) mass is 318 g/mol. The SMILES string of the molecule is CCNC(=O)CN1CCN(c2cc(N3CCCC3)ncn2)CC1. The van der Waals surface area contributed by atoms with E-state index in [9.17, 15) is 4.79 Å². The maximum absolute atomic E-state index is 11.7. The Kier molecular flexibility index (Phi) is 5.27. The van der Waals surface area contributed by atoms with E-state index in [0.29, 0.717) is 13.1 Å². The number of nitrogens with one attached hydrogen (secondary N) is 1. The van der Waals surface area contributed by atoms with Crippen LogP contribution in [0.2, 0.25) is 0 Å². The Labute approximate surface area is 137 Å². The van der Waals surface area contributed by atoms with Crippen molar-refractivity contribution in [3.8, 4) is 0 Å². The fraction of sp³-hybridized carbons (Fsp3) is 0.688. The number of anilines is 2. The first-order chi connectivity index (χ1) is 11.3. The van der Waals surface area contributed by atoms with Gasteiger partial charge in [0.1, 0.15) is 18.0 Å². The van der Waals surface area contributed by atoms with E-state index in [-0.39, 0.29) is 5.91 Å². The van der Waals surface area contributed by atoms with Gasteiger partial charge in [0.2, 0.25) is 5.91 Å². The van der Waals surface area contributed by atoms with E-state index in [1.165, 1.54) is 12.8 Å². The van der Waals surface area contributed by atoms with Crippen molar-refractivity contribution in [1.29, 1.82) is 0 Å². The van der Waals surface area contributed by atoms with Gasteiger partial charge < -0.3 is 15.1 Å². The van der Waals surface area contributed by atoms with Crippen molar-refractivity contribution in [3.05, 3.63) is 12.4 Å². The highest BCUT2D eigenvalue weighted by atomic mass is 16.2. The van der Waals surface area contributed by atoms with Crippen LogP contribution in [0.3, 0.4) is 0 Å². The summed E-state index contributed by atoms with van der Waals surface area (Å²) >= 11 is 0. The summed E-state index contributed by atoms with van der Waals surface area (Å²) in [5.41, 5.74) is 0. The maximum atomic E-state index is 11.7. The molecule has 23 heavy (non-hydrogen) atoms. The van der Waals surface area contributed by atoms with Crippen LogP contribution in [0.25, 0.3) is 0 Å². The number of aromatic nitrogens is 2. The van der Waals surface area contributed by atoms with E-state index >= 15 is 0 Å². The second-order valence-corrected chi connectivity index (χ2v) is 6.15. The Hall–Kier alpha value is -1.89. The van der Waals surface area contributed by atoms with Gasteiger partial charge in [-0.1, -0.05) is 0 Å². The summed E-state index contributed by atoms with van der Waals surface area (Å²) in [6.45, 7) is 8.89. The van der Waals surface area contributed by atoms with Gasteiger partial charge >= 0.3 is 0 Å². The van der Waals surface area contributed by atoms with E-state index in [0.717, 1.165) is 50.9 Å². The fourth-order valence-electron chi connectivity index (χ4n) is 3.22. The first-order valence-corrected chi connectivity index (χ1v) is 8.57. The molecule has 1 amide bonds. The number of amides is 1. The molecule has 1 N–H and O–H groups in total. The van der Waals surface area contributed by atoms with Crippen molar-refractivity contribution < 1.29 is 4.79 Å². The third-order valence-corrected chi connectivity index (χ3v) is 4.51. The van der Waals surface area contributed by atoms with E-state index in [2.05, 4.69) is 36.1 Å². The molecule has 0 spiro atoms. The molecular formula is C16H26N6O. The largest absolute Gasteiger partial charge is 0.356 e. The topological polar surface area (TPSA) is 64.6 Å². The zero-order valence-electron chi connectivity index (χ0n) is 13.9. The molecule has 1 aromatic rings. The number of piperazine rings is 1. The van der Waals surface area contributed by atoms with Gasteiger partial charge in [-0.25, -0.2) is 9.97 Å². The van der Waals surface area contributed by atoms with Gasteiger partial charge in [-0.3, -0.25) is 9.69 Å². The van der Waals surface area contributed by atoms with Crippen LogP contribution in [0.1, 0.15) is 19.8 Å². The number of hydrogen-bond acceptors (Lipinski definition) is 6. The number of nitrogens with zero attached hydrogens (tertiary/aromatic N) is 5. The van der Waals surface area contributed by atoms with Crippen LogP contribution in [0, 0.1) is 0 Å². The molecule has 2 aliphatic rings. The lowest BCUT2D eigenvalue weighted by molar-refractivity contribution is -0.122. The van der Waals surface area contributed by atoms with Gasteiger partial charge in [-0.2, -0.15) is 0 Å². The first kappa shape index (κ1) is 16.0. The molecule has 7 heteroatoms. The number of carbonyl (C=O) groups is 1. The van der Waals surface area contributed by atoms with Gasteiger partial charge in [0.15, 0.2) is 0 Å². The molecule has 3 rings (SSSR count). The predicted octanol–water partition coefficient (Wildman–Crippen LogP) is 0.335. The molecule has 0 aliphatic carbocycles. The summed E-state index contributed by atoms with van der Waals surface area (Å²) in [6.07, 6.45) is 4.17. The standard InChI is InChI=1S/C16H26N6O/c1-2-17-16(23)12-20-7-9-22(10-8-20)15-11-14(18-13-19-15)21-5-3-4-6-21/h11,13H,2-10,12H2,1H3,(H,17,23). The van der Waals surface area contributed by atoms with E-state index in [1.807, 2.05) is 6.92 Å². The minimum atomic E-state index is 0.110. The van der Waals surface area contributed by atoms with Crippen molar-refractivity contribution in [2.24, 2.45) is 0 Å². The first-order valence-electron chi connectivity index (χ1n) is 8.57. The molecule has 0 atom stereocenters. The lowest BCUT2D eigenvalue weighted by Gasteiger charge is -2.35. The zero-order chi connectivity index (χ0) is 16.1. The molecule has 126 valence electrons. The lowest BCUT2D eigenvalue weighted by Crippen LogP contribution is -2.49. The van der Waals surface area contributed by atoms with Gasteiger partial charge in [-0.05, 0) is 19.8 Å². The van der Waals surface area contributed by atoms with E-state index in [1.54, 1.807) is 6.33 Å². The molecule has 3 heterocycles. The summed E-state index contributed by atoms with van der Waals surface area (Å²) in [6, 6.07) is 2.10. The minimum Gasteiger partial charge on any atom is -0.356 e. The molecule has 0 radical (unpaired) electrons. The Morgan fingerprint density at radius 3 is 2.26 bits per heavy atom. The summed E-state index contributed by atoms with van der Waals surface area (Å²) in [7, 11) is 0. The Morgan fingerprint density at radius 2 is 1.65 bits per heavy atom. The highest BCUT2D eigenvalue weighted by Gasteiger charge is 2.21. The molecule has 0 saturated carbocycles. The molecule has 7 nitrogen and oxygen atoms in total. The summed E-state index contributed by atoms with van der Waals surface area (Å²) in [5, 5.41) is 2.85. The average Bonchev–Trinajstić information content (AvgIpc) is 3.10. The molecule has 2 fully saturated rings. The third-order valence-electron chi connectivity index (χ3n) is 4.51. The second-order valence-electron chi connectivity index (χ2n) is 6.15.